The number of H-pyrrole nitrogens is 1. The zero-order valence-electron chi connectivity index (χ0n) is 10.5. The molecule has 0 aliphatic rings. The van der Waals surface area contributed by atoms with Crippen molar-refractivity contribution >= 4 is 35.0 Å². The molecule has 20 heavy (non-hydrogen) atoms. The smallest absolute Gasteiger partial charge is 0.184 e. The van der Waals surface area contributed by atoms with Crippen LogP contribution in [0.5, 0.6) is 0 Å². The summed E-state index contributed by atoms with van der Waals surface area (Å²) in [5, 5.41) is 9.54. The molecular weight excluding hydrogens is 292 g/mol. The molecule has 0 spiro atoms. The molecule has 0 aliphatic heterocycles. The summed E-state index contributed by atoms with van der Waals surface area (Å²) in [6.45, 7) is 1.98. The molecule has 1 aromatic carbocycles. The number of nitriles is 1. The SMILES string of the molecule is Cc1ccnc2c1[nH]c(=S)n2-c1cc(C#N)ccc1Cl. The predicted molar refractivity (Wildman–Crippen MR) is 80.7 cm³/mol. The summed E-state index contributed by atoms with van der Waals surface area (Å²) in [5.41, 5.74) is 3.80. The molecule has 0 saturated carbocycles. The van der Waals surface area contributed by atoms with Crippen molar-refractivity contribution in [1.29, 1.82) is 5.26 Å². The number of pyridine rings is 1. The van der Waals surface area contributed by atoms with E-state index in [2.05, 4.69) is 16.0 Å². The number of fused-ring (bicyclic) bond motifs is 1. The first kappa shape index (κ1) is 12.9. The van der Waals surface area contributed by atoms with Crippen LogP contribution in [0.4, 0.5) is 0 Å². The quantitative estimate of drug-likeness (QED) is 0.693. The number of aryl methyl sites for hydroxylation is 1. The van der Waals surface area contributed by atoms with Gasteiger partial charge in [-0.15, -0.1) is 0 Å². The minimum atomic E-state index is 0.499. The van der Waals surface area contributed by atoms with E-state index in [9.17, 15) is 0 Å². The van der Waals surface area contributed by atoms with Crippen LogP contribution in [0.3, 0.4) is 0 Å². The van der Waals surface area contributed by atoms with Crippen LogP contribution in [-0.4, -0.2) is 14.5 Å². The van der Waals surface area contributed by atoms with Gasteiger partial charge in [0.15, 0.2) is 10.4 Å². The van der Waals surface area contributed by atoms with E-state index in [1.807, 2.05) is 13.0 Å². The first-order valence-electron chi connectivity index (χ1n) is 5.88. The fourth-order valence-electron chi connectivity index (χ4n) is 2.10. The molecule has 0 fully saturated rings. The number of nitrogens with zero attached hydrogens (tertiary/aromatic N) is 3. The Morgan fingerprint density at radius 2 is 2.20 bits per heavy atom. The third kappa shape index (κ3) is 1.90. The third-order valence-electron chi connectivity index (χ3n) is 3.10. The number of hydrogen-bond acceptors (Lipinski definition) is 3. The summed E-state index contributed by atoms with van der Waals surface area (Å²) in [5.74, 6) is 0. The number of benzene rings is 1. The van der Waals surface area contributed by atoms with Crippen molar-refractivity contribution < 1.29 is 0 Å². The van der Waals surface area contributed by atoms with Gasteiger partial charge in [0.25, 0.3) is 0 Å². The van der Waals surface area contributed by atoms with E-state index in [1.165, 1.54) is 0 Å². The minimum absolute atomic E-state index is 0.499. The highest BCUT2D eigenvalue weighted by Crippen LogP contribution is 2.26. The Hall–Kier alpha value is -2.16. The first-order valence-corrected chi connectivity index (χ1v) is 6.67. The zero-order valence-corrected chi connectivity index (χ0v) is 12.1. The van der Waals surface area contributed by atoms with Gasteiger partial charge >= 0.3 is 0 Å². The van der Waals surface area contributed by atoms with Crippen LogP contribution >= 0.6 is 23.8 Å². The molecule has 0 unspecified atom stereocenters. The van der Waals surface area contributed by atoms with Crippen LogP contribution < -0.4 is 0 Å². The largest absolute Gasteiger partial charge is 0.329 e. The van der Waals surface area contributed by atoms with Gasteiger partial charge in [-0.1, -0.05) is 11.6 Å². The van der Waals surface area contributed by atoms with Gasteiger partial charge in [-0.3, -0.25) is 4.57 Å². The number of halogens is 1. The Morgan fingerprint density at radius 1 is 1.40 bits per heavy atom. The van der Waals surface area contributed by atoms with E-state index in [-0.39, 0.29) is 0 Å². The van der Waals surface area contributed by atoms with Gasteiger partial charge in [-0.05, 0) is 49.0 Å². The molecule has 3 rings (SSSR count). The lowest BCUT2D eigenvalue weighted by Crippen LogP contribution is -1.97. The lowest BCUT2D eigenvalue weighted by atomic mass is 10.2. The summed E-state index contributed by atoms with van der Waals surface area (Å²) in [6.07, 6.45) is 1.72. The van der Waals surface area contributed by atoms with Crippen molar-refractivity contribution in [2.75, 3.05) is 0 Å². The normalized spacial score (nSPS) is 10.7. The lowest BCUT2D eigenvalue weighted by Gasteiger charge is -2.07. The summed E-state index contributed by atoms with van der Waals surface area (Å²) in [4.78, 5) is 7.49. The standard InChI is InChI=1S/C14H9ClN4S/c1-8-4-5-17-13-12(8)18-14(20)19(13)11-6-9(7-16)2-3-10(11)15/h2-6H,1H3,(H,18,20). The monoisotopic (exact) mass is 300 g/mol. The van der Waals surface area contributed by atoms with Crippen LogP contribution in [0.15, 0.2) is 30.5 Å². The molecule has 3 aromatic rings. The summed E-state index contributed by atoms with van der Waals surface area (Å²) < 4.78 is 2.25. The first-order chi connectivity index (χ1) is 9.61. The van der Waals surface area contributed by atoms with E-state index in [1.54, 1.807) is 29.0 Å². The summed E-state index contributed by atoms with van der Waals surface area (Å²) in [6, 6.07) is 9.07. The Bertz CT molecular complexity index is 917. The van der Waals surface area contributed by atoms with Gasteiger partial charge in [0.2, 0.25) is 0 Å². The molecule has 0 radical (unpaired) electrons. The van der Waals surface area contributed by atoms with Crippen molar-refractivity contribution in [3.63, 3.8) is 0 Å². The summed E-state index contributed by atoms with van der Waals surface area (Å²) >= 11 is 11.6. The van der Waals surface area contributed by atoms with Gasteiger partial charge in [-0.25, -0.2) is 4.98 Å². The molecule has 0 atom stereocenters. The van der Waals surface area contributed by atoms with Crippen molar-refractivity contribution in [3.05, 3.63) is 51.4 Å². The summed E-state index contributed by atoms with van der Waals surface area (Å²) in [7, 11) is 0. The molecular formula is C14H9ClN4S. The number of imidazole rings is 1. The highest BCUT2D eigenvalue weighted by molar-refractivity contribution is 7.71. The number of aromatic amines is 1. The molecule has 4 nitrogen and oxygen atoms in total. The van der Waals surface area contributed by atoms with Crippen LogP contribution in [-0.2, 0) is 0 Å². The third-order valence-corrected chi connectivity index (χ3v) is 3.71. The molecule has 2 aromatic heterocycles. The van der Waals surface area contributed by atoms with Gasteiger partial charge in [0, 0.05) is 6.20 Å². The number of nitrogens with one attached hydrogen (secondary N) is 1. The average Bonchev–Trinajstić information content (AvgIpc) is 2.77. The highest BCUT2D eigenvalue weighted by Gasteiger charge is 2.12. The lowest BCUT2D eigenvalue weighted by molar-refractivity contribution is 1.04. The van der Waals surface area contributed by atoms with Crippen LogP contribution in [0, 0.1) is 23.0 Å². The molecule has 2 heterocycles. The maximum atomic E-state index is 9.03. The molecule has 0 aliphatic carbocycles. The van der Waals surface area contributed by atoms with Crippen LogP contribution in [0.2, 0.25) is 5.02 Å². The molecule has 1 N–H and O–H groups in total. The molecule has 0 amide bonds. The van der Waals surface area contributed by atoms with E-state index in [0.717, 1.165) is 11.1 Å². The van der Waals surface area contributed by atoms with Gasteiger partial charge < -0.3 is 4.98 Å². The van der Waals surface area contributed by atoms with Crippen molar-refractivity contribution in [2.24, 2.45) is 0 Å². The Morgan fingerprint density at radius 3 is 2.95 bits per heavy atom. The molecule has 98 valence electrons. The van der Waals surface area contributed by atoms with Crippen molar-refractivity contribution in [2.45, 2.75) is 6.92 Å². The zero-order chi connectivity index (χ0) is 14.3. The van der Waals surface area contributed by atoms with E-state index in [4.69, 9.17) is 29.1 Å². The van der Waals surface area contributed by atoms with Crippen molar-refractivity contribution in [1.82, 2.24) is 14.5 Å². The highest BCUT2D eigenvalue weighted by atomic mass is 35.5. The second kappa shape index (κ2) is 4.75. The number of rotatable bonds is 1. The predicted octanol–water partition coefficient (Wildman–Crippen LogP) is 3.92. The topological polar surface area (TPSA) is 57.4 Å². The van der Waals surface area contributed by atoms with Crippen molar-refractivity contribution in [3.8, 4) is 11.8 Å². The van der Waals surface area contributed by atoms with Crippen LogP contribution in [0.1, 0.15) is 11.1 Å². The van der Waals surface area contributed by atoms with Gasteiger partial charge in [0.05, 0.1) is 27.9 Å². The number of hydrogen-bond donors (Lipinski definition) is 1. The molecule has 6 heteroatoms. The molecule has 0 saturated heterocycles. The Labute approximate surface area is 125 Å². The second-order valence-corrected chi connectivity index (χ2v) is 5.16. The van der Waals surface area contributed by atoms with Gasteiger partial charge in [0.1, 0.15) is 0 Å². The number of aromatic nitrogens is 3. The fourth-order valence-corrected chi connectivity index (χ4v) is 2.59. The van der Waals surface area contributed by atoms with Gasteiger partial charge in [-0.2, -0.15) is 5.26 Å². The van der Waals surface area contributed by atoms with Crippen LogP contribution in [0.25, 0.3) is 16.9 Å². The maximum Gasteiger partial charge on any atom is 0.184 e. The van der Waals surface area contributed by atoms with E-state index in [0.29, 0.717) is 26.7 Å². The fraction of sp³-hybridized carbons (Fsp3) is 0.0714. The average molecular weight is 301 g/mol. The second-order valence-electron chi connectivity index (χ2n) is 4.37. The molecule has 0 bridgehead atoms. The Balaban J connectivity index is 2.42. The minimum Gasteiger partial charge on any atom is -0.329 e. The maximum absolute atomic E-state index is 9.03. The van der Waals surface area contributed by atoms with E-state index >= 15 is 0 Å². The Kier molecular flexibility index (Phi) is 3.05. The van der Waals surface area contributed by atoms with E-state index < -0.39 is 0 Å².